The van der Waals surface area contributed by atoms with Gasteiger partial charge in [-0.1, -0.05) is 19.1 Å². The summed E-state index contributed by atoms with van der Waals surface area (Å²) < 4.78 is 2.46. The lowest BCUT2D eigenvalue weighted by molar-refractivity contribution is 0.323. The number of nitrogens with zero attached hydrogens (tertiary/aromatic N) is 2. The van der Waals surface area contributed by atoms with Crippen molar-refractivity contribution in [2.45, 2.75) is 51.1 Å². The monoisotopic (exact) mass is 243 g/mol. The maximum Gasteiger partial charge on any atom is 0.109 e. The molecular weight excluding hydrogens is 222 g/mol. The van der Waals surface area contributed by atoms with Gasteiger partial charge in [0.05, 0.1) is 11.0 Å². The van der Waals surface area contributed by atoms with Crippen molar-refractivity contribution in [1.29, 1.82) is 0 Å². The molecule has 3 nitrogen and oxygen atoms in total. The van der Waals surface area contributed by atoms with Gasteiger partial charge in [0.1, 0.15) is 5.82 Å². The van der Waals surface area contributed by atoms with Crippen molar-refractivity contribution < 1.29 is 0 Å². The van der Waals surface area contributed by atoms with E-state index in [-0.39, 0.29) is 0 Å². The van der Waals surface area contributed by atoms with Crippen LogP contribution in [0.25, 0.3) is 11.0 Å². The van der Waals surface area contributed by atoms with E-state index in [1.165, 1.54) is 24.2 Å². The van der Waals surface area contributed by atoms with Gasteiger partial charge >= 0.3 is 0 Å². The van der Waals surface area contributed by atoms with Gasteiger partial charge in [-0.15, -0.1) is 0 Å². The number of para-hydroxylation sites is 2. The van der Waals surface area contributed by atoms with Crippen LogP contribution in [0.2, 0.25) is 0 Å². The van der Waals surface area contributed by atoms with Crippen molar-refractivity contribution in [1.82, 2.24) is 9.55 Å². The van der Waals surface area contributed by atoms with E-state index in [0.717, 1.165) is 24.8 Å². The fourth-order valence-electron chi connectivity index (χ4n) is 3.11. The van der Waals surface area contributed by atoms with Gasteiger partial charge in [0, 0.05) is 18.5 Å². The van der Waals surface area contributed by atoms with Crippen molar-refractivity contribution >= 4 is 11.0 Å². The maximum absolute atomic E-state index is 6.01. The van der Waals surface area contributed by atoms with Crippen LogP contribution < -0.4 is 5.73 Å². The summed E-state index contributed by atoms with van der Waals surface area (Å²) in [5.41, 5.74) is 8.42. The van der Waals surface area contributed by atoms with Crippen molar-refractivity contribution in [3.05, 3.63) is 30.1 Å². The summed E-state index contributed by atoms with van der Waals surface area (Å²) in [6.07, 6.45) is 5.65. The van der Waals surface area contributed by atoms with Gasteiger partial charge in [0.15, 0.2) is 0 Å². The van der Waals surface area contributed by atoms with Crippen LogP contribution in [-0.4, -0.2) is 15.6 Å². The Morgan fingerprint density at radius 3 is 2.67 bits per heavy atom. The highest BCUT2D eigenvalue weighted by molar-refractivity contribution is 5.76. The van der Waals surface area contributed by atoms with Crippen LogP contribution in [0, 0.1) is 0 Å². The fourth-order valence-corrected chi connectivity index (χ4v) is 3.11. The topological polar surface area (TPSA) is 43.8 Å². The third-order valence-electron chi connectivity index (χ3n) is 4.09. The number of hydrogen-bond acceptors (Lipinski definition) is 2. The molecule has 0 radical (unpaired) electrons. The smallest absolute Gasteiger partial charge is 0.109 e. The van der Waals surface area contributed by atoms with E-state index in [0.29, 0.717) is 12.1 Å². The Labute approximate surface area is 108 Å². The molecule has 1 aliphatic rings. The number of hydrogen-bond donors (Lipinski definition) is 1. The molecule has 0 amide bonds. The van der Waals surface area contributed by atoms with Crippen LogP contribution in [0.15, 0.2) is 24.3 Å². The number of aryl methyl sites for hydroxylation is 1. The maximum atomic E-state index is 6.01. The Kier molecular flexibility index (Phi) is 3.08. The Morgan fingerprint density at radius 2 is 1.94 bits per heavy atom. The van der Waals surface area contributed by atoms with Crippen LogP contribution >= 0.6 is 0 Å². The third kappa shape index (κ3) is 1.93. The molecule has 1 fully saturated rings. The van der Waals surface area contributed by atoms with Gasteiger partial charge in [0.2, 0.25) is 0 Å². The first kappa shape index (κ1) is 11.7. The number of imidazole rings is 1. The standard InChI is InChI=1S/C15H21N3/c1-2-15-17-13-5-3-4-6-14(13)18(15)12-9-7-11(16)8-10-12/h3-6,11-12H,2,7-10,16H2,1H3. The van der Waals surface area contributed by atoms with E-state index in [9.17, 15) is 0 Å². The summed E-state index contributed by atoms with van der Waals surface area (Å²) in [6, 6.07) is 9.47. The average molecular weight is 243 g/mol. The van der Waals surface area contributed by atoms with Crippen LogP contribution in [0.3, 0.4) is 0 Å². The fraction of sp³-hybridized carbons (Fsp3) is 0.533. The molecule has 18 heavy (non-hydrogen) atoms. The van der Waals surface area contributed by atoms with E-state index in [4.69, 9.17) is 10.7 Å². The highest BCUT2D eigenvalue weighted by atomic mass is 15.1. The van der Waals surface area contributed by atoms with Gasteiger partial charge < -0.3 is 10.3 Å². The third-order valence-corrected chi connectivity index (χ3v) is 4.09. The molecule has 3 rings (SSSR count). The number of nitrogens with two attached hydrogens (primary N) is 1. The molecule has 1 saturated carbocycles. The zero-order chi connectivity index (χ0) is 12.5. The first-order valence-corrected chi connectivity index (χ1v) is 7.01. The molecule has 0 unspecified atom stereocenters. The Balaban J connectivity index is 2.04. The number of rotatable bonds is 2. The van der Waals surface area contributed by atoms with Crippen LogP contribution in [-0.2, 0) is 6.42 Å². The van der Waals surface area contributed by atoms with Crippen molar-refractivity contribution in [3.8, 4) is 0 Å². The molecule has 0 atom stereocenters. The summed E-state index contributed by atoms with van der Waals surface area (Å²) in [7, 11) is 0. The van der Waals surface area contributed by atoms with E-state index in [1.54, 1.807) is 0 Å². The molecule has 96 valence electrons. The first-order chi connectivity index (χ1) is 8.79. The highest BCUT2D eigenvalue weighted by Gasteiger charge is 2.23. The lowest BCUT2D eigenvalue weighted by Gasteiger charge is -2.28. The Hall–Kier alpha value is -1.35. The minimum Gasteiger partial charge on any atom is -0.328 e. The molecule has 0 saturated heterocycles. The van der Waals surface area contributed by atoms with Gasteiger partial charge in [-0.2, -0.15) is 0 Å². The lowest BCUT2D eigenvalue weighted by Crippen LogP contribution is -2.28. The minimum atomic E-state index is 0.404. The summed E-state index contributed by atoms with van der Waals surface area (Å²) in [6.45, 7) is 2.19. The van der Waals surface area contributed by atoms with E-state index in [2.05, 4.69) is 35.8 Å². The summed E-state index contributed by atoms with van der Waals surface area (Å²) >= 11 is 0. The van der Waals surface area contributed by atoms with Crippen molar-refractivity contribution in [3.63, 3.8) is 0 Å². The molecule has 1 aromatic heterocycles. The summed E-state index contributed by atoms with van der Waals surface area (Å²) in [5, 5.41) is 0. The average Bonchev–Trinajstić information content (AvgIpc) is 2.78. The molecular formula is C15H21N3. The molecule has 1 aliphatic carbocycles. The molecule has 0 spiro atoms. The second-order valence-electron chi connectivity index (χ2n) is 5.31. The first-order valence-electron chi connectivity index (χ1n) is 7.01. The summed E-state index contributed by atoms with van der Waals surface area (Å²) in [5.74, 6) is 1.22. The highest BCUT2D eigenvalue weighted by Crippen LogP contribution is 2.32. The molecule has 2 N–H and O–H groups in total. The molecule has 0 aliphatic heterocycles. The van der Waals surface area contributed by atoms with E-state index >= 15 is 0 Å². The molecule has 2 aromatic rings. The van der Waals surface area contributed by atoms with E-state index in [1.807, 2.05) is 0 Å². The van der Waals surface area contributed by atoms with Gasteiger partial charge in [-0.3, -0.25) is 0 Å². The van der Waals surface area contributed by atoms with Crippen LogP contribution in [0.4, 0.5) is 0 Å². The van der Waals surface area contributed by atoms with E-state index < -0.39 is 0 Å². The predicted molar refractivity (Wildman–Crippen MR) is 74.6 cm³/mol. The lowest BCUT2D eigenvalue weighted by atomic mass is 9.91. The van der Waals surface area contributed by atoms with Crippen LogP contribution in [0.1, 0.15) is 44.5 Å². The van der Waals surface area contributed by atoms with Gasteiger partial charge in [0.25, 0.3) is 0 Å². The Bertz CT molecular complexity index is 536. The van der Waals surface area contributed by atoms with Crippen LogP contribution in [0.5, 0.6) is 0 Å². The van der Waals surface area contributed by atoms with Gasteiger partial charge in [-0.25, -0.2) is 4.98 Å². The zero-order valence-electron chi connectivity index (χ0n) is 11.0. The predicted octanol–water partition coefficient (Wildman–Crippen LogP) is 3.04. The molecule has 1 aromatic carbocycles. The van der Waals surface area contributed by atoms with Crippen molar-refractivity contribution in [2.75, 3.05) is 0 Å². The number of benzene rings is 1. The quantitative estimate of drug-likeness (QED) is 0.881. The largest absolute Gasteiger partial charge is 0.328 e. The summed E-state index contributed by atoms with van der Waals surface area (Å²) in [4.78, 5) is 4.76. The normalized spacial score (nSPS) is 24.6. The minimum absolute atomic E-state index is 0.404. The zero-order valence-corrected chi connectivity index (χ0v) is 11.0. The SMILES string of the molecule is CCc1nc2ccccc2n1C1CCC(N)CC1. The van der Waals surface area contributed by atoms with Gasteiger partial charge in [-0.05, 0) is 37.8 Å². The molecule has 1 heterocycles. The number of fused-ring (bicyclic) bond motifs is 1. The second-order valence-corrected chi connectivity index (χ2v) is 5.31. The number of aromatic nitrogens is 2. The Morgan fingerprint density at radius 1 is 1.22 bits per heavy atom. The van der Waals surface area contributed by atoms with Crippen molar-refractivity contribution in [2.24, 2.45) is 5.73 Å². The molecule has 3 heteroatoms. The molecule has 0 bridgehead atoms. The second kappa shape index (κ2) is 4.73.